The van der Waals surface area contributed by atoms with Gasteiger partial charge in [0, 0.05) is 30.9 Å². The molecule has 1 saturated heterocycles. The molecule has 0 radical (unpaired) electrons. The first-order chi connectivity index (χ1) is 9.89. The molecule has 7 heteroatoms. The molecule has 0 saturated carbocycles. The summed E-state index contributed by atoms with van der Waals surface area (Å²) in [7, 11) is 0. The number of anilines is 1. The van der Waals surface area contributed by atoms with E-state index >= 15 is 0 Å². The van der Waals surface area contributed by atoms with Crippen molar-refractivity contribution in [1.29, 1.82) is 5.26 Å². The van der Waals surface area contributed by atoms with E-state index in [1.165, 1.54) is 6.20 Å². The smallest absolute Gasteiger partial charge is 0.407 e. The predicted molar refractivity (Wildman–Crippen MR) is 76.7 cm³/mol. The summed E-state index contributed by atoms with van der Waals surface area (Å²) in [6, 6.07) is 2.02. The number of hydrogen-bond acceptors (Lipinski definition) is 6. The highest BCUT2D eigenvalue weighted by molar-refractivity contribution is 5.68. The lowest BCUT2D eigenvalue weighted by atomic mass is 10.1. The van der Waals surface area contributed by atoms with Crippen LogP contribution in [0.4, 0.5) is 10.6 Å². The van der Waals surface area contributed by atoms with Crippen LogP contribution in [0.3, 0.4) is 0 Å². The van der Waals surface area contributed by atoms with Gasteiger partial charge in [0.25, 0.3) is 0 Å². The first-order valence-electron chi connectivity index (χ1n) is 6.84. The topological polar surface area (TPSA) is 91.1 Å². The van der Waals surface area contributed by atoms with E-state index in [9.17, 15) is 4.79 Å². The third-order valence-electron chi connectivity index (χ3n) is 2.98. The molecule has 7 nitrogen and oxygen atoms in total. The van der Waals surface area contributed by atoms with E-state index in [4.69, 9.17) is 10.00 Å². The highest BCUT2D eigenvalue weighted by Crippen LogP contribution is 2.21. The minimum atomic E-state index is -0.422. The molecule has 0 aliphatic carbocycles. The SMILES string of the molecule is CC(C)(C)NC(=O)O[C@H]1CCN(c2nccnc2C#N)C1. The fourth-order valence-corrected chi connectivity index (χ4v) is 2.14. The third kappa shape index (κ3) is 4.05. The van der Waals surface area contributed by atoms with Crippen LogP contribution in [0.25, 0.3) is 0 Å². The van der Waals surface area contributed by atoms with Crippen LogP contribution in [-0.2, 0) is 4.74 Å². The summed E-state index contributed by atoms with van der Waals surface area (Å²) in [5, 5.41) is 11.8. The highest BCUT2D eigenvalue weighted by atomic mass is 16.6. The zero-order valence-electron chi connectivity index (χ0n) is 12.5. The van der Waals surface area contributed by atoms with E-state index < -0.39 is 6.09 Å². The molecule has 1 amide bonds. The molecule has 0 bridgehead atoms. The molecule has 1 aromatic heterocycles. The summed E-state index contributed by atoms with van der Waals surface area (Å²) >= 11 is 0. The number of alkyl carbamates (subject to hydrolysis) is 1. The molecule has 0 aromatic carbocycles. The monoisotopic (exact) mass is 289 g/mol. The van der Waals surface area contributed by atoms with Crippen LogP contribution in [0, 0.1) is 11.3 Å². The first-order valence-corrected chi connectivity index (χ1v) is 6.84. The van der Waals surface area contributed by atoms with Crippen molar-refractivity contribution in [3.63, 3.8) is 0 Å². The van der Waals surface area contributed by atoms with Crippen LogP contribution in [-0.4, -0.2) is 40.8 Å². The van der Waals surface area contributed by atoms with Crippen molar-refractivity contribution in [3.05, 3.63) is 18.1 Å². The summed E-state index contributed by atoms with van der Waals surface area (Å²) < 4.78 is 5.39. The van der Waals surface area contributed by atoms with E-state index in [0.29, 0.717) is 25.3 Å². The standard InChI is InChI=1S/C14H19N5O2/c1-14(2,3)18-13(20)21-10-4-7-19(9-10)12-11(8-15)16-5-6-17-12/h5-6,10H,4,7,9H2,1-3H3,(H,18,20)/t10-/m0/s1. The van der Waals surface area contributed by atoms with Gasteiger partial charge in [0.05, 0.1) is 6.54 Å². The van der Waals surface area contributed by atoms with E-state index in [0.717, 1.165) is 0 Å². The summed E-state index contributed by atoms with van der Waals surface area (Å²) in [4.78, 5) is 21.8. The van der Waals surface area contributed by atoms with Crippen molar-refractivity contribution in [2.45, 2.75) is 38.8 Å². The number of rotatable bonds is 2. The van der Waals surface area contributed by atoms with E-state index in [1.807, 2.05) is 31.7 Å². The average molecular weight is 289 g/mol. The van der Waals surface area contributed by atoms with Crippen LogP contribution in [0.15, 0.2) is 12.4 Å². The highest BCUT2D eigenvalue weighted by Gasteiger charge is 2.29. The van der Waals surface area contributed by atoms with Crippen molar-refractivity contribution < 1.29 is 9.53 Å². The summed E-state index contributed by atoms with van der Waals surface area (Å²) in [5.41, 5.74) is -0.0360. The van der Waals surface area contributed by atoms with Crippen LogP contribution in [0.1, 0.15) is 32.9 Å². The lowest BCUT2D eigenvalue weighted by Crippen LogP contribution is -2.42. The van der Waals surface area contributed by atoms with Gasteiger partial charge in [-0.2, -0.15) is 5.26 Å². The number of hydrogen-bond donors (Lipinski definition) is 1. The van der Waals surface area contributed by atoms with Crippen LogP contribution in [0.2, 0.25) is 0 Å². The molecule has 0 spiro atoms. The molecular formula is C14H19N5O2. The maximum absolute atomic E-state index is 11.7. The number of ether oxygens (including phenoxy) is 1. The fourth-order valence-electron chi connectivity index (χ4n) is 2.14. The van der Waals surface area contributed by atoms with Gasteiger partial charge in [0.2, 0.25) is 0 Å². The summed E-state index contributed by atoms with van der Waals surface area (Å²) in [6.45, 7) is 6.89. The van der Waals surface area contributed by atoms with Crippen molar-refractivity contribution in [1.82, 2.24) is 15.3 Å². The molecule has 0 unspecified atom stereocenters. The Morgan fingerprint density at radius 1 is 1.48 bits per heavy atom. The van der Waals surface area contributed by atoms with Gasteiger partial charge in [-0.25, -0.2) is 14.8 Å². The molecule has 1 aliphatic rings. The minimum Gasteiger partial charge on any atom is -0.444 e. The summed E-state index contributed by atoms with van der Waals surface area (Å²) in [6.07, 6.45) is 3.12. The predicted octanol–water partition coefficient (Wildman–Crippen LogP) is 1.45. The normalized spacial score (nSPS) is 18.2. The maximum atomic E-state index is 11.7. The molecule has 1 aromatic rings. The molecule has 2 rings (SSSR count). The second kappa shape index (κ2) is 5.95. The zero-order valence-corrected chi connectivity index (χ0v) is 12.5. The second-order valence-electron chi connectivity index (χ2n) is 5.98. The van der Waals surface area contributed by atoms with Gasteiger partial charge < -0.3 is 15.0 Å². The van der Waals surface area contributed by atoms with Gasteiger partial charge in [-0.15, -0.1) is 0 Å². The Morgan fingerprint density at radius 2 is 2.19 bits per heavy atom. The Labute approximate surface area is 123 Å². The van der Waals surface area contributed by atoms with Crippen LogP contribution < -0.4 is 10.2 Å². The zero-order chi connectivity index (χ0) is 15.5. The molecule has 1 fully saturated rings. The fraction of sp³-hybridized carbons (Fsp3) is 0.571. The molecule has 1 N–H and O–H groups in total. The van der Waals surface area contributed by atoms with Gasteiger partial charge >= 0.3 is 6.09 Å². The Morgan fingerprint density at radius 3 is 2.86 bits per heavy atom. The van der Waals surface area contributed by atoms with Crippen molar-refractivity contribution in [2.24, 2.45) is 0 Å². The number of nitriles is 1. The van der Waals surface area contributed by atoms with Gasteiger partial charge in [0.15, 0.2) is 11.5 Å². The van der Waals surface area contributed by atoms with Crippen LogP contribution >= 0.6 is 0 Å². The minimum absolute atomic E-state index is 0.208. The Hall–Kier alpha value is -2.36. The lowest BCUT2D eigenvalue weighted by Gasteiger charge is -2.22. The Balaban J connectivity index is 1.95. The Bertz CT molecular complexity index is 561. The molecule has 2 heterocycles. The first kappa shape index (κ1) is 15.0. The summed E-state index contributed by atoms with van der Waals surface area (Å²) in [5.74, 6) is 0.544. The number of amides is 1. The van der Waals surface area contributed by atoms with Gasteiger partial charge in [0.1, 0.15) is 12.2 Å². The average Bonchev–Trinajstić information content (AvgIpc) is 2.84. The molecule has 1 atom stereocenters. The van der Waals surface area contributed by atoms with Gasteiger partial charge in [-0.05, 0) is 20.8 Å². The number of nitrogens with one attached hydrogen (secondary N) is 1. The maximum Gasteiger partial charge on any atom is 0.407 e. The molecule has 1 aliphatic heterocycles. The van der Waals surface area contributed by atoms with Gasteiger partial charge in [-0.1, -0.05) is 0 Å². The van der Waals surface area contributed by atoms with Crippen molar-refractivity contribution in [2.75, 3.05) is 18.0 Å². The van der Waals surface area contributed by atoms with Crippen molar-refractivity contribution >= 4 is 11.9 Å². The molecule has 112 valence electrons. The van der Waals surface area contributed by atoms with Crippen molar-refractivity contribution in [3.8, 4) is 6.07 Å². The van der Waals surface area contributed by atoms with E-state index in [1.54, 1.807) is 6.20 Å². The third-order valence-corrected chi connectivity index (χ3v) is 2.98. The quantitative estimate of drug-likeness (QED) is 0.886. The van der Waals surface area contributed by atoms with E-state index in [-0.39, 0.29) is 17.3 Å². The number of nitrogens with zero attached hydrogens (tertiary/aromatic N) is 4. The molecular weight excluding hydrogens is 270 g/mol. The van der Waals surface area contributed by atoms with Crippen LogP contribution in [0.5, 0.6) is 0 Å². The largest absolute Gasteiger partial charge is 0.444 e. The Kier molecular flexibility index (Phi) is 4.26. The van der Waals surface area contributed by atoms with E-state index in [2.05, 4.69) is 15.3 Å². The molecule has 21 heavy (non-hydrogen) atoms. The lowest BCUT2D eigenvalue weighted by molar-refractivity contribution is 0.101. The number of carbonyl (C=O) groups excluding carboxylic acids is 1. The number of aromatic nitrogens is 2. The number of carbonyl (C=O) groups is 1. The second-order valence-corrected chi connectivity index (χ2v) is 5.98. The van der Waals surface area contributed by atoms with Gasteiger partial charge in [-0.3, -0.25) is 0 Å².